The predicted octanol–water partition coefficient (Wildman–Crippen LogP) is 7.19. The van der Waals surface area contributed by atoms with Crippen LogP contribution in [-0.2, 0) is 50.2 Å². The van der Waals surface area contributed by atoms with Gasteiger partial charge in [-0.05, 0) is 125 Å². The van der Waals surface area contributed by atoms with Gasteiger partial charge >= 0.3 is 11.9 Å². The molecule has 1 atom stereocenters. The first-order chi connectivity index (χ1) is 21.3. The summed E-state index contributed by atoms with van der Waals surface area (Å²) in [5.74, 6) is -0.276. The lowest BCUT2D eigenvalue weighted by molar-refractivity contribution is -0.144. The minimum atomic E-state index is -0.713. The molecule has 1 N–H and O–H groups in total. The summed E-state index contributed by atoms with van der Waals surface area (Å²) in [6.45, 7) is 13.2. The maximum Gasteiger partial charge on any atom is 0.311 e. The number of aromatic nitrogens is 1. The summed E-state index contributed by atoms with van der Waals surface area (Å²) in [6.07, 6.45) is 6.59. The first-order valence-electron chi connectivity index (χ1n) is 15.9. The SMILES string of the molecule is CC(=O)N[C@](C)(CCc1ccc(C(=CCCc2ccc(C)c(C)c2)OC(=O)CCCc2ccc(C)c(C)c2)n1C)COC(C)=O. The third kappa shape index (κ3) is 11.1. The van der Waals surface area contributed by atoms with Crippen molar-refractivity contribution < 1.29 is 23.9 Å². The number of carbonyl (C=O) groups excluding carboxylic acids is 3. The second-order valence-corrected chi connectivity index (χ2v) is 12.6. The number of hydrogen-bond donors (Lipinski definition) is 1. The van der Waals surface area contributed by atoms with Gasteiger partial charge in [0.2, 0.25) is 5.91 Å². The van der Waals surface area contributed by atoms with Crippen molar-refractivity contribution in [1.82, 2.24) is 9.88 Å². The molecule has 0 aliphatic heterocycles. The van der Waals surface area contributed by atoms with E-state index in [-0.39, 0.29) is 24.5 Å². The first-order valence-corrected chi connectivity index (χ1v) is 15.9. The second kappa shape index (κ2) is 16.3. The first kappa shape index (κ1) is 35.4. The average Bonchev–Trinajstić information content (AvgIpc) is 3.33. The van der Waals surface area contributed by atoms with Crippen LogP contribution in [0.2, 0.25) is 0 Å². The fourth-order valence-corrected chi connectivity index (χ4v) is 5.41. The third-order valence-electron chi connectivity index (χ3n) is 8.46. The molecule has 1 aromatic heterocycles. The Morgan fingerprint density at radius 2 is 1.47 bits per heavy atom. The summed E-state index contributed by atoms with van der Waals surface area (Å²) in [4.78, 5) is 36.4. The molecule has 0 saturated heterocycles. The number of rotatable bonds is 15. The minimum Gasteiger partial charge on any atom is -0.463 e. The summed E-state index contributed by atoms with van der Waals surface area (Å²) in [7, 11) is 1.96. The molecule has 1 amide bonds. The van der Waals surface area contributed by atoms with E-state index in [1.807, 2.05) is 36.7 Å². The maximum atomic E-state index is 13.1. The molecule has 1 heterocycles. The monoisotopic (exact) mass is 614 g/mol. The number of amides is 1. The standard InChI is InChI=1S/C38H50N2O5/c1-26-15-17-32(23-28(26)3)11-9-13-36(45-37(43)14-10-12-33-18-16-27(2)29(4)24-33)35-20-19-34(40(35)8)21-22-38(7,39-30(5)41)25-44-31(6)42/h13,15-20,23-24H,9-12,14,21-22,25H2,1-8H3,(H,39,41)/t38-/m1/s1. The molecule has 7 heteroatoms. The van der Waals surface area contributed by atoms with Gasteiger partial charge in [-0.15, -0.1) is 0 Å². The lowest BCUT2D eigenvalue weighted by Gasteiger charge is -2.30. The van der Waals surface area contributed by atoms with E-state index >= 15 is 0 Å². The van der Waals surface area contributed by atoms with Gasteiger partial charge in [0.15, 0.2) is 5.76 Å². The minimum absolute atomic E-state index is 0.0859. The summed E-state index contributed by atoms with van der Waals surface area (Å²) < 4.78 is 13.3. The zero-order chi connectivity index (χ0) is 33.1. The largest absolute Gasteiger partial charge is 0.463 e. The van der Waals surface area contributed by atoms with Crippen LogP contribution in [0.3, 0.4) is 0 Å². The number of hydrogen-bond acceptors (Lipinski definition) is 5. The van der Waals surface area contributed by atoms with Crippen molar-refractivity contribution in [3.63, 3.8) is 0 Å². The molecule has 242 valence electrons. The highest BCUT2D eigenvalue weighted by Gasteiger charge is 2.27. The Morgan fingerprint density at radius 3 is 2.04 bits per heavy atom. The number of aryl methyl sites for hydroxylation is 7. The molecule has 0 saturated carbocycles. The van der Waals surface area contributed by atoms with Crippen molar-refractivity contribution in [2.24, 2.45) is 7.05 Å². The predicted molar refractivity (Wildman–Crippen MR) is 180 cm³/mol. The lowest BCUT2D eigenvalue weighted by atomic mass is 9.95. The number of benzene rings is 2. The van der Waals surface area contributed by atoms with Crippen LogP contribution < -0.4 is 5.32 Å². The molecule has 0 fully saturated rings. The van der Waals surface area contributed by atoms with Crippen LogP contribution in [0.4, 0.5) is 0 Å². The van der Waals surface area contributed by atoms with Crippen LogP contribution in [0.5, 0.6) is 0 Å². The topological polar surface area (TPSA) is 86.6 Å². The van der Waals surface area contributed by atoms with Gasteiger partial charge in [0.1, 0.15) is 6.61 Å². The highest BCUT2D eigenvalue weighted by atomic mass is 16.5. The van der Waals surface area contributed by atoms with Crippen molar-refractivity contribution in [2.75, 3.05) is 6.61 Å². The fraction of sp³-hybridized carbons (Fsp3) is 0.447. The van der Waals surface area contributed by atoms with Crippen molar-refractivity contribution in [2.45, 2.75) is 99.0 Å². The van der Waals surface area contributed by atoms with Crippen LogP contribution in [0.1, 0.15) is 91.2 Å². The van der Waals surface area contributed by atoms with E-state index in [1.54, 1.807) is 0 Å². The zero-order valence-electron chi connectivity index (χ0n) is 28.3. The van der Waals surface area contributed by atoms with Gasteiger partial charge in [-0.25, -0.2) is 0 Å². The molecular formula is C38H50N2O5. The quantitative estimate of drug-likeness (QED) is 0.145. The van der Waals surface area contributed by atoms with Crippen LogP contribution in [0, 0.1) is 27.7 Å². The Labute approximate surface area is 269 Å². The van der Waals surface area contributed by atoms with E-state index in [0.717, 1.165) is 30.7 Å². The van der Waals surface area contributed by atoms with E-state index < -0.39 is 5.54 Å². The maximum absolute atomic E-state index is 13.1. The molecule has 0 unspecified atom stereocenters. The lowest BCUT2D eigenvalue weighted by Crippen LogP contribution is -2.49. The van der Waals surface area contributed by atoms with E-state index in [0.29, 0.717) is 31.4 Å². The third-order valence-corrected chi connectivity index (χ3v) is 8.46. The normalized spacial score (nSPS) is 12.8. The van der Waals surface area contributed by atoms with Crippen LogP contribution in [0.25, 0.3) is 5.76 Å². The highest BCUT2D eigenvalue weighted by molar-refractivity contribution is 5.77. The van der Waals surface area contributed by atoms with Crippen molar-refractivity contribution in [3.8, 4) is 0 Å². The van der Waals surface area contributed by atoms with E-state index in [1.165, 1.54) is 47.2 Å². The van der Waals surface area contributed by atoms with Crippen LogP contribution in [-0.4, -0.2) is 34.6 Å². The zero-order valence-corrected chi connectivity index (χ0v) is 28.3. The van der Waals surface area contributed by atoms with Crippen molar-refractivity contribution in [3.05, 3.63) is 99.4 Å². The number of allylic oxidation sites excluding steroid dienone is 1. The van der Waals surface area contributed by atoms with Gasteiger partial charge in [-0.2, -0.15) is 0 Å². The molecule has 0 radical (unpaired) electrons. The highest BCUT2D eigenvalue weighted by Crippen LogP contribution is 2.24. The van der Waals surface area contributed by atoms with E-state index in [2.05, 4.69) is 69.4 Å². The van der Waals surface area contributed by atoms with E-state index in [9.17, 15) is 14.4 Å². The Balaban J connectivity index is 1.75. The number of nitrogens with zero attached hydrogens (tertiary/aromatic N) is 1. The Kier molecular flexibility index (Phi) is 12.8. The average molecular weight is 615 g/mol. The van der Waals surface area contributed by atoms with Gasteiger partial charge in [0.25, 0.3) is 0 Å². The summed E-state index contributed by atoms with van der Waals surface area (Å²) >= 11 is 0. The smallest absolute Gasteiger partial charge is 0.311 e. The number of nitrogens with one attached hydrogen (secondary N) is 1. The van der Waals surface area contributed by atoms with E-state index in [4.69, 9.17) is 9.47 Å². The Hall–Kier alpha value is -4.13. The molecule has 45 heavy (non-hydrogen) atoms. The van der Waals surface area contributed by atoms with Gasteiger partial charge in [0.05, 0.1) is 11.2 Å². The Morgan fingerprint density at radius 1 is 0.844 bits per heavy atom. The molecule has 0 aliphatic rings. The number of carbonyl (C=O) groups is 3. The molecule has 0 aliphatic carbocycles. The number of ether oxygens (including phenoxy) is 2. The molecule has 3 aromatic rings. The van der Waals surface area contributed by atoms with Gasteiger partial charge in [-0.1, -0.05) is 36.4 Å². The van der Waals surface area contributed by atoms with Crippen molar-refractivity contribution >= 4 is 23.6 Å². The van der Waals surface area contributed by atoms with Gasteiger partial charge in [0, 0.05) is 33.0 Å². The van der Waals surface area contributed by atoms with Gasteiger partial charge < -0.3 is 19.4 Å². The van der Waals surface area contributed by atoms with Crippen LogP contribution >= 0.6 is 0 Å². The van der Waals surface area contributed by atoms with Crippen LogP contribution in [0.15, 0.2) is 54.6 Å². The van der Waals surface area contributed by atoms with Crippen molar-refractivity contribution in [1.29, 1.82) is 0 Å². The summed E-state index contributed by atoms with van der Waals surface area (Å²) in [6, 6.07) is 16.9. The summed E-state index contributed by atoms with van der Waals surface area (Å²) in [5, 5.41) is 2.94. The molecular weight excluding hydrogens is 564 g/mol. The Bertz CT molecular complexity index is 1530. The molecule has 0 bridgehead atoms. The molecule has 2 aromatic carbocycles. The second-order valence-electron chi connectivity index (χ2n) is 12.6. The summed E-state index contributed by atoms with van der Waals surface area (Å²) in [5.41, 5.74) is 8.63. The molecule has 3 rings (SSSR count). The number of esters is 2. The molecule has 7 nitrogen and oxygen atoms in total. The molecule has 0 spiro atoms. The fourth-order valence-electron chi connectivity index (χ4n) is 5.41. The van der Waals surface area contributed by atoms with Gasteiger partial charge in [-0.3, -0.25) is 14.4 Å².